The Labute approximate surface area is 158 Å². The lowest BCUT2D eigenvalue weighted by Crippen LogP contribution is -2.22. The van der Waals surface area contributed by atoms with Crippen LogP contribution in [0.2, 0.25) is 15.1 Å². The smallest absolute Gasteiger partial charge is 0.200 e. The molecule has 0 bridgehead atoms. The van der Waals surface area contributed by atoms with Crippen LogP contribution in [0.3, 0.4) is 0 Å². The number of halogens is 4. The highest BCUT2D eigenvalue weighted by Gasteiger charge is 2.30. The van der Waals surface area contributed by atoms with E-state index in [9.17, 15) is 4.79 Å². The van der Waals surface area contributed by atoms with Crippen molar-refractivity contribution in [2.75, 3.05) is 0 Å². The molecule has 0 radical (unpaired) electrons. The summed E-state index contributed by atoms with van der Waals surface area (Å²) in [5, 5.41) is 0.281. The number of hydrogen-bond donors (Lipinski definition) is 0. The number of aryl methyl sites for hydroxylation is 1. The SMILES string of the molecule is Cc1cccc2c1C(Oc1c(OCl)cc(Cl)c(Cl)c1Cl)C(=O)C=C2. The number of rotatable bonds is 3. The van der Waals surface area contributed by atoms with E-state index in [2.05, 4.69) is 0 Å². The van der Waals surface area contributed by atoms with Crippen molar-refractivity contribution in [2.45, 2.75) is 13.0 Å². The van der Waals surface area contributed by atoms with Crippen molar-refractivity contribution in [3.63, 3.8) is 0 Å². The van der Waals surface area contributed by atoms with E-state index in [1.54, 1.807) is 6.08 Å². The van der Waals surface area contributed by atoms with Crippen molar-refractivity contribution in [2.24, 2.45) is 0 Å². The van der Waals surface area contributed by atoms with E-state index in [1.807, 2.05) is 25.1 Å². The lowest BCUT2D eigenvalue weighted by Gasteiger charge is -2.25. The maximum absolute atomic E-state index is 12.4. The third-order valence-corrected chi connectivity index (χ3v) is 5.12. The van der Waals surface area contributed by atoms with Gasteiger partial charge in [-0.1, -0.05) is 59.1 Å². The van der Waals surface area contributed by atoms with E-state index in [0.29, 0.717) is 0 Å². The highest BCUT2D eigenvalue weighted by Crippen LogP contribution is 2.47. The van der Waals surface area contributed by atoms with E-state index in [1.165, 1.54) is 12.1 Å². The lowest BCUT2D eigenvalue weighted by molar-refractivity contribution is -0.121. The average molecular weight is 404 g/mol. The van der Waals surface area contributed by atoms with E-state index in [-0.39, 0.29) is 32.4 Å². The Balaban J connectivity index is 2.11. The predicted octanol–water partition coefficient (Wildman–Crippen LogP) is 6.20. The number of hydrogen-bond acceptors (Lipinski definition) is 3. The molecule has 7 heteroatoms. The Kier molecular flexibility index (Phi) is 4.97. The van der Waals surface area contributed by atoms with Crippen molar-refractivity contribution < 1.29 is 13.8 Å². The van der Waals surface area contributed by atoms with Crippen LogP contribution in [-0.4, -0.2) is 5.78 Å². The first-order chi connectivity index (χ1) is 11.4. The zero-order chi connectivity index (χ0) is 17.4. The predicted molar refractivity (Wildman–Crippen MR) is 96.5 cm³/mol. The van der Waals surface area contributed by atoms with Gasteiger partial charge in [-0.3, -0.25) is 4.79 Å². The normalized spacial score (nSPS) is 16.0. The van der Waals surface area contributed by atoms with Gasteiger partial charge in [-0.15, -0.1) is 0 Å². The zero-order valence-electron chi connectivity index (χ0n) is 12.3. The van der Waals surface area contributed by atoms with Crippen molar-refractivity contribution in [3.8, 4) is 11.5 Å². The van der Waals surface area contributed by atoms with Crippen LogP contribution in [0, 0.1) is 6.92 Å². The molecule has 0 amide bonds. The van der Waals surface area contributed by atoms with E-state index >= 15 is 0 Å². The van der Waals surface area contributed by atoms with Gasteiger partial charge in [-0.25, -0.2) is 0 Å². The van der Waals surface area contributed by atoms with Gasteiger partial charge in [0.05, 0.1) is 10.0 Å². The third kappa shape index (κ3) is 2.98. The highest BCUT2D eigenvalue weighted by atomic mass is 35.5. The van der Waals surface area contributed by atoms with Gasteiger partial charge in [0.1, 0.15) is 16.9 Å². The van der Waals surface area contributed by atoms with E-state index in [4.69, 9.17) is 55.7 Å². The van der Waals surface area contributed by atoms with Gasteiger partial charge in [0.25, 0.3) is 0 Å². The summed E-state index contributed by atoms with van der Waals surface area (Å²) in [4.78, 5) is 12.4. The van der Waals surface area contributed by atoms with Crippen LogP contribution in [0.25, 0.3) is 6.08 Å². The fourth-order valence-corrected chi connectivity index (χ4v) is 3.30. The van der Waals surface area contributed by atoms with Gasteiger partial charge in [0, 0.05) is 11.6 Å². The molecule has 1 aliphatic carbocycles. The molecule has 3 nitrogen and oxygen atoms in total. The minimum absolute atomic E-state index is 0.0253. The molecule has 2 aromatic carbocycles. The standard InChI is InChI=1S/C17H10Cl4O3/c1-8-3-2-4-9-5-6-11(22)16(13(8)9)23-17-12(24-21)7-10(18)14(19)15(17)20/h2-7,16H,1H3. The van der Waals surface area contributed by atoms with Crippen LogP contribution in [0.4, 0.5) is 0 Å². The number of carbonyl (C=O) groups excluding carboxylic acids is 1. The molecule has 0 aromatic heterocycles. The summed E-state index contributed by atoms with van der Waals surface area (Å²) in [7, 11) is 0. The molecule has 124 valence electrons. The summed E-state index contributed by atoms with van der Waals surface area (Å²) < 4.78 is 10.6. The van der Waals surface area contributed by atoms with E-state index < -0.39 is 6.10 Å². The van der Waals surface area contributed by atoms with Crippen LogP contribution >= 0.6 is 46.7 Å². The number of ketones is 1. The Morgan fingerprint density at radius 1 is 1.08 bits per heavy atom. The zero-order valence-corrected chi connectivity index (χ0v) is 15.3. The van der Waals surface area contributed by atoms with Crippen molar-refractivity contribution in [1.82, 2.24) is 0 Å². The summed E-state index contributed by atoms with van der Waals surface area (Å²) >= 11 is 23.7. The maximum Gasteiger partial charge on any atom is 0.200 e. The van der Waals surface area contributed by atoms with Crippen LogP contribution in [-0.2, 0) is 4.79 Å². The van der Waals surface area contributed by atoms with Gasteiger partial charge >= 0.3 is 0 Å². The molecule has 0 spiro atoms. The molecule has 0 saturated heterocycles. The summed E-state index contributed by atoms with van der Waals surface area (Å²) in [6, 6.07) is 7.08. The maximum atomic E-state index is 12.4. The van der Waals surface area contributed by atoms with Crippen LogP contribution in [0.1, 0.15) is 22.8 Å². The molecule has 0 heterocycles. The molecule has 3 rings (SSSR count). The fraction of sp³-hybridized carbons (Fsp3) is 0.118. The molecule has 0 fully saturated rings. The molecule has 0 N–H and O–H groups in total. The van der Waals surface area contributed by atoms with Crippen LogP contribution in [0.5, 0.6) is 11.5 Å². The first-order valence-corrected chi connectivity index (χ1v) is 8.32. The molecule has 1 atom stereocenters. The molecular weight excluding hydrogens is 394 g/mol. The van der Waals surface area contributed by atoms with Crippen molar-refractivity contribution in [1.29, 1.82) is 0 Å². The quantitative estimate of drug-likeness (QED) is 0.572. The molecule has 1 aliphatic rings. The van der Waals surface area contributed by atoms with Gasteiger partial charge in [-0.05, 0) is 24.1 Å². The van der Waals surface area contributed by atoms with Crippen molar-refractivity contribution >= 4 is 58.5 Å². The molecule has 1 unspecified atom stereocenters. The topological polar surface area (TPSA) is 35.5 Å². The minimum Gasteiger partial charge on any atom is -0.472 e. The summed E-state index contributed by atoms with van der Waals surface area (Å²) in [5.74, 6) is -0.0862. The number of fused-ring (bicyclic) bond motifs is 1. The average Bonchev–Trinajstić information content (AvgIpc) is 2.57. The van der Waals surface area contributed by atoms with Crippen LogP contribution in [0.15, 0.2) is 30.3 Å². The number of benzene rings is 2. The second kappa shape index (κ2) is 6.85. The first-order valence-electron chi connectivity index (χ1n) is 6.88. The Hall–Kier alpha value is -1.39. The summed E-state index contributed by atoms with van der Waals surface area (Å²) in [6.07, 6.45) is 2.32. The Morgan fingerprint density at radius 2 is 1.83 bits per heavy atom. The fourth-order valence-electron chi connectivity index (χ4n) is 2.57. The Bertz CT molecular complexity index is 861. The van der Waals surface area contributed by atoms with Crippen molar-refractivity contribution in [3.05, 3.63) is 62.1 Å². The molecule has 0 aliphatic heterocycles. The van der Waals surface area contributed by atoms with E-state index in [0.717, 1.165) is 16.7 Å². The molecule has 24 heavy (non-hydrogen) atoms. The monoisotopic (exact) mass is 402 g/mol. The number of ether oxygens (including phenoxy) is 1. The third-order valence-electron chi connectivity index (χ3n) is 3.71. The second-order valence-corrected chi connectivity index (χ2v) is 6.52. The largest absolute Gasteiger partial charge is 0.472 e. The van der Waals surface area contributed by atoms with Gasteiger partial charge in [0.15, 0.2) is 17.6 Å². The Morgan fingerprint density at radius 3 is 2.54 bits per heavy atom. The summed E-state index contributed by atoms with van der Waals surface area (Å²) in [5.41, 5.74) is 2.57. The van der Waals surface area contributed by atoms with Gasteiger partial charge in [0.2, 0.25) is 5.78 Å². The number of carbonyl (C=O) groups is 1. The molecule has 0 saturated carbocycles. The molecular formula is C17H10Cl4O3. The summed E-state index contributed by atoms with van der Waals surface area (Å²) in [6.45, 7) is 1.90. The highest BCUT2D eigenvalue weighted by molar-refractivity contribution is 6.48. The lowest BCUT2D eigenvalue weighted by atomic mass is 9.90. The van der Waals surface area contributed by atoms with Gasteiger partial charge < -0.3 is 9.03 Å². The first kappa shape index (κ1) is 17.4. The minimum atomic E-state index is -0.883. The second-order valence-electron chi connectivity index (χ2n) is 5.20. The molecule has 2 aromatic rings. The van der Waals surface area contributed by atoms with Gasteiger partial charge in [-0.2, -0.15) is 0 Å². The van der Waals surface area contributed by atoms with Crippen LogP contribution < -0.4 is 9.03 Å².